The van der Waals surface area contributed by atoms with Crippen LogP contribution in [0.2, 0.25) is 0 Å². The summed E-state index contributed by atoms with van der Waals surface area (Å²) in [5.74, 6) is 1.46. The number of aromatic amines is 1. The second-order valence-corrected chi connectivity index (χ2v) is 9.16. The smallest absolute Gasteiger partial charge is 0.150 e. The third kappa shape index (κ3) is 5.30. The Morgan fingerprint density at radius 2 is 1.48 bits per heavy atom. The van der Waals surface area contributed by atoms with Gasteiger partial charge in [-0.1, -0.05) is 74.0 Å². The minimum atomic E-state index is -2.86. The number of imidazole rings is 1. The lowest BCUT2D eigenvalue weighted by Gasteiger charge is -2.02. The van der Waals surface area contributed by atoms with Gasteiger partial charge in [0.25, 0.3) is 0 Å². The van der Waals surface area contributed by atoms with Gasteiger partial charge < -0.3 is 4.98 Å². The quantitative estimate of drug-likeness (QED) is 0.536. The molecule has 0 saturated heterocycles. The van der Waals surface area contributed by atoms with E-state index in [1.54, 1.807) is 6.92 Å². The molecule has 0 bridgehead atoms. The number of benzene rings is 2. The summed E-state index contributed by atoms with van der Waals surface area (Å²) in [4.78, 5) is 8.33. The molecule has 5 heteroatoms. The fourth-order valence-corrected chi connectivity index (χ4v) is 4.03. The molecular formula is C22H26N2O2S. The number of nitrogens with one attached hydrogen (secondary N) is 1. The van der Waals surface area contributed by atoms with Crippen LogP contribution in [-0.2, 0) is 16.3 Å². The Kier molecular flexibility index (Phi) is 6.45. The summed E-state index contributed by atoms with van der Waals surface area (Å²) in [5, 5.41) is 0. The van der Waals surface area contributed by atoms with Crippen LogP contribution in [0.4, 0.5) is 0 Å². The van der Waals surface area contributed by atoms with Crippen LogP contribution in [0.1, 0.15) is 32.0 Å². The molecule has 142 valence electrons. The predicted octanol–water partition coefficient (Wildman–Crippen LogP) is 4.89. The van der Waals surface area contributed by atoms with Crippen molar-refractivity contribution in [2.45, 2.75) is 32.6 Å². The maximum atomic E-state index is 11.6. The average Bonchev–Trinajstić information content (AvgIpc) is 3.13. The molecule has 2 aromatic carbocycles. The van der Waals surface area contributed by atoms with E-state index in [0.29, 0.717) is 6.42 Å². The van der Waals surface area contributed by atoms with E-state index in [1.165, 1.54) is 0 Å². The SMILES string of the molecule is CCS(=O)(=O)CCCCCc1nc(-c2ccccc2)c(-c2ccccc2)[nH]1. The molecule has 3 rings (SSSR count). The predicted molar refractivity (Wildman–Crippen MR) is 111 cm³/mol. The van der Waals surface area contributed by atoms with Gasteiger partial charge in [-0.15, -0.1) is 0 Å². The highest BCUT2D eigenvalue weighted by Gasteiger charge is 2.14. The summed E-state index contributed by atoms with van der Waals surface area (Å²) >= 11 is 0. The van der Waals surface area contributed by atoms with Crippen LogP contribution in [0.25, 0.3) is 22.5 Å². The summed E-state index contributed by atoms with van der Waals surface area (Å²) in [7, 11) is -2.86. The van der Waals surface area contributed by atoms with Gasteiger partial charge in [0.2, 0.25) is 0 Å². The number of sulfone groups is 1. The molecule has 1 N–H and O–H groups in total. The van der Waals surface area contributed by atoms with E-state index < -0.39 is 9.84 Å². The first-order valence-electron chi connectivity index (χ1n) is 9.49. The lowest BCUT2D eigenvalue weighted by molar-refractivity contribution is 0.590. The van der Waals surface area contributed by atoms with E-state index in [0.717, 1.165) is 47.6 Å². The average molecular weight is 383 g/mol. The Bertz CT molecular complexity index is 891. The zero-order valence-corrected chi connectivity index (χ0v) is 16.5. The van der Waals surface area contributed by atoms with E-state index in [2.05, 4.69) is 29.2 Å². The van der Waals surface area contributed by atoms with Crippen molar-refractivity contribution in [1.82, 2.24) is 9.97 Å². The highest BCUT2D eigenvalue weighted by atomic mass is 32.2. The fourth-order valence-electron chi connectivity index (χ4n) is 3.09. The highest BCUT2D eigenvalue weighted by molar-refractivity contribution is 7.91. The van der Waals surface area contributed by atoms with Gasteiger partial charge in [0.05, 0.1) is 17.1 Å². The minimum Gasteiger partial charge on any atom is -0.341 e. The number of hydrogen-bond acceptors (Lipinski definition) is 3. The summed E-state index contributed by atoms with van der Waals surface area (Å²) < 4.78 is 23.2. The maximum Gasteiger partial charge on any atom is 0.150 e. The van der Waals surface area contributed by atoms with Crippen LogP contribution >= 0.6 is 0 Å². The molecule has 4 nitrogen and oxygen atoms in total. The van der Waals surface area contributed by atoms with Gasteiger partial charge in [-0.2, -0.15) is 0 Å². The number of nitrogens with zero attached hydrogens (tertiary/aromatic N) is 1. The second kappa shape index (κ2) is 9.00. The molecule has 0 spiro atoms. The van der Waals surface area contributed by atoms with Crippen LogP contribution in [0.3, 0.4) is 0 Å². The second-order valence-electron chi connectivity index (χ2n) is 6.69. The third-order valence-electron chi connectivity index (χ3n) is 4.67. The molecule has 3 aromatic rings. The first-order chi connectivity index (χ1) is 13.1. The molecule has 27 heavy (non-hydrogen) atoms. The standard InChI is InChI=1S/C22H26N2O2S/c1-2-27(25,26)17-11-5-10-16-20-23-21(18-12-6-3-7-13-18)22(24-20)19-14-8-4-9-15-19/h3-4,6-9,12-15H,2,5,10-11,16-17H2,1H3,(H,23,24). The first-order valence-corrected chi connectivity index (χ1v) is 11.3. The number of unbranched alkanes of at least 4 members (excludes halogenated alkanes) is 2. The Morgan fingerprint density at radius 3 is 2.11 bits per heavy atom. The van der Waals surface area contributed by atoms with Crippen LogP contribution in [0, 0.1) is 0 Å². The molecule has 1 aromatic heterocycles. The van der Waals surface area contributed by atoms with Gasteiger partial charge in [0, 0.05) is 23.3 Å². The summed E-state index contributed by atoms with van der Waals surface area (Å²) in [5.41, 5.74) is 4.20. The summed E-state index contributed by atoms with van der Waals surface area (Å²) in [6, 6.07) is 20.4. The first kappa shape index (κ1) is 19.4. The monoisotopic (exact) mass is 382 g/mol. The Morgan fingerprint density at radius 1 is 0.852 bits per heavy atom. The van der Waals surface area contributed by atoms with E-state index in [1.807, 2.05) is 36.4 Å². The molecule has 0 aliphatic heterocycles. The number of hydrogen-bond donors (Lipinski definition) is 1. The normalized spacial score (nSPS) is 11.6. The van der Waals surface area contributed by atoms with Crippen molar-refractivity contribution in [1.29, 1.82) is 0 Å². The Balaban J connectivity index is 1.73. The van der Waals surface area contributed by atoms with Crippen molar-refractivity contribution in [3.05, 3.63) is 66.5 Å². The van der Waals surface area contributed by atoms with Crippen LogP contribution in [-0.4, -0.2) is 29.9 Å². The molecular weight excluding hydrogens is 356 g/mol. The number of aryl methyl sites for hydroxylation is 1. The van der Waals surface area contributed by atoms with Crippen molar-refractivity contribution in [2.24, 2.45) is 0 Å². The van der Waals surface area contributed by atoms with Crippen molar-refractivity contribution < 1.29 is 8.42 Å². The zero-order valence-electron chi connectivity index (χ0n) is 15.7. The van der Waals surface area contributed by atoms with Gasteiger partial charge in [0.1, 0.15) is 15.7 Å². The molecule has 0 fully saturated rings. The highest BCUT2D eigenvalue weighted by Crippen LogP contribution is 2.30. The van der Waals surface area contributed by atoms with E-state index in [9.17, 15) is 8.42 Å². The molecule has 0 aliphatic carbocycles. The molecule has 0 unspecified atom stereocenters. The van der Waals surface area contributed by atoms with Gasteiger partial charge >= 0.3 is 0 Å². The Hall–Kier alpha value is -2.40. The van der Waals surface area contributed by atoms with E-state index in [-0.39, 0.29) is 11.5 Å². The van der Waals surface area contributed by atoms with Crippen molar-refractivity contribution in [2.75, 3.05) is 11.5 Å². The largest absolute Gasteiger partial charge is 0.341 e. The molecule has 0 radical (unpaired) electrons. The molecule has 0 atom stereocenters. The fraction of sp³-hybridized carbons (Fsp3) is 0.318. The summed E-state index contributed by atoms with van der Waals surface area (Å²) in [6.45, 7) is 1.70. The lowest BCUT2D eigenvalue weighted by atomic mass is 10.1. The molecule has 0 amide bonds. The van der Waals surface area contributed by atoms with E-state index >= 15 is 0 Å². The number of aromatic nitrogens is 2. The summed E-state index contributed by atoms with van der Waals surface area (Å²) in [6.07, 6.45) is 3.35. The Labute approximate surface area is 161 Å². The number of rotatable bonds is 9. The third-order valence-corrected chi connectivity index (χ3v) is 6.46. The van der Waals surface area contributed by atoms with Gasteiger partial charge in [0.15, 0.2) is 0 Å². The van der Waals surface area contributed by atoms with Crippen LogP contribution in [0.15, 0.2) is 60.7 Å². The van der Waals surface area contributed by atoms with Gasteiger partial charge in [-0.25, -0.2) is 13.4 Å². The molecule has 0 aliphatic rings. The molecule has 1 heterocycles. The maximum absolute atomic E-state index is 11.6. The van der Waals surface area contributed by atoms with Crippen molar-refractivity contribution >= 4 is 9.84 Å². The number of H-pyrrole nitrogens is 1. The van der Waals surface area contributed by atoms with Crippen LogP contribution < -0.4 is 0 Å². The minimum absolute atomic E-state index is 0.228. The lowest BCUT2D eigenvalue weighted by Crippen LogP contribution is -2.08. The van der Waals surface area contributed by atoms with Crippen LogP contribution in [0.5, 0.6) is 0 Å². The van der Waals surface area contributed by atoms with E-state index in [4.69, 9.17) is 4.98 Å². The van der Waals surface area contributed by atoms with Crippen molar-refractivity contribution in [3.63, 3.8) is 0 Å². The topological polar surface area (TPSA) is 62.8 Å². The van der Waals surface area contributed by atoms with Crippen molar-refractivity contribution in [3.8, 4) is 22.5 Å². The van der Waals surface area contributed by atoms with Gasteiger partial charge in [-0.3, -0.25) is 0 Å². The zero-order chi connectivity index (χ0) is 19.1. The molecule has 0 saturated carbocycles. The van der Waals surface area contributed by atoms with Gasteiger partial charge in [-0.05, 0) is 12.8 Å².